The molecule has 0 saturated carbocycles. The van der Waals surface area contributed by atoms with Crippen LogP contribution in [0.3, 0.4) is 0 Å². The van der Waals surface area contributed by atoms with Gasteiger partial charge >= 0.3 is 0 Å². The summed E-state index contributed by atoms with van der Waals surface area (Å²) in [6, 6.07) is 7.35. The Morgan fingerprint density at radius 1 is 1.32 bits per heavy atom. The van der Waals surface area contributed by atoms with Gasteiger partial charge in [0.25, 0.3) is 5.91 Å². The van der Waals surface area contributed by atoms with Crippen LogP contribution >= 0.6 is 0 Å². The Hall–Kier alpha value is -2.96. The maximum Gasteiger partial charge on any atom is 0.255 e. The Labute approximate surface area is 145 Å². The highest BCUT2D eigenvalue weighted by Crippen LogP contribution is 2.29. The first kappa shape index (κ1) is 16.9. The van der Waals surface area contributed by atoms with Crippen molar-refractivity contribution in [2.75, 3.05) is 6.54 Å². The molecule has 7 heteroatoms. The monoisotopic (exact) mass is 340 g/mol. The number of benzene rings is 1. The third-order valence-corrected chi connectivity index (χ3v) is 3.63. The third-order valence-electron chi connectivity index (χ3n) is 3.63. The van der Waals surface area contributed by atoms with Gasteiger partial charge in [-0.1, -0.05) is 31.1 Å². The van der Waals surface area contributed by atoms with Gasteiger partial charge in [0, 0.05) is 24.0 Å². The number of pyridine rings is 1. The van der Waals surface area contributed by atoms with Gasteiger partial charge in [0.05, 0.1) is 5.56 Å². The van der Waals surface area contributed by atoms with E-state index in [1.165, 1.54) is 0 Å². The molecule has 2 heterocycles. The number of rotatable bonds is 6. The molecule has 0 aliphatic rings. The van der Waals surface area contributed by atoms with E-state index in [9.17, 15) is 4.79 Å². The van der Waals surface area contributed by atoms with Crippen molar-refractivity contribution in [3.05, 3.63) is 47.7 Å². The van der Waals surface area contributed by atoms with Crippen molar-refractivity contribution in [2.45, 2.75) is 33.3 Å². The second-order valence-electron chi connectivity index (χ2n) is 5.87. The van der Waals surface area contributed by atoms with Crippen LogP contribution in [0.4, 0.5) is 0 Å². The van der Waals surface area contributed by atoms with Crippen molar-refractivity contribution < 1.29 is 14.1 Å². The average molecular weight is 340 g/mol. The lowest BCUT2D eigenvalue weighted by atomic mass is 10.1. The van der Waals surface area contributed by atoms with E-state index in [1.807, 2.05) is 39.0 Å². The smallest absolute Gasteiger partial charge is 0.255 e. The molecule has 2 aromatic heterocycles. The summed E-state index contributed by atoms with van der Waals surface area (Å²) in [6.45, 7) is 6.43. The highest BCUT2D eigenvalue weighted by molar-refractivity contribution is 6.02. The molecule has 0 bridgehead atoms. The number of fused-ring (bicyclic) bond motifs is 1. The highest BCUT2D eigenvalue weighted by atomic mass is 16.5. The van der Waals surface area contributed by atoms with Crippen LogP contribution in [0.15, 0.2) is 35.0 Å². The number of aromatic nitrogens is 3. The zero-order valence-corrected chi connectivity index (χ0v) is 14.4. The minimum atomic E-state index is -0.207. The van der Waals surface area contributed by atoms with Crippen LogP contribution < -0.4 is 10.1 Å². The van der Waals surface area contributed by atoms with Crippen LogP contribution in [-0.2, 0) is 6.61 Å². The number of hydrogen-bond donors (Lipinski definition) is 1. The fraction of sp³-hybridized carbons (Fsp3) is 0.333. The van der Waals surface area contributed by atoms with Crippen LogP contribution in [0.1, 0.15) is 48.8 Å². The number of nitrogens with zero attached hydrogens (tertiary/aromatic N) is 3. The normalized spacial score (nSPS) is 11.0. The molecule has 0 unspecified atom stereocenters. The van der Waals surface area contributed by atoms with Gasteiger partial charge in [0.2, 0.25) is 11.7 Å². The van der Waals surface area contributed by atoms with Gasteiger partial charge in [-0.2, -0.15) is 4.98 Å². The minimum Gasteiger partial charge on any atom is -0.482 e. The molecule has 0 saturated heterocycles. The van der Waals surface area contributed by atoms with Crippen LogP contribution in [0, 0.1) is 0 Å². The number of hydrogen-bond acceptors (Lipinski definition) is 6. The van der Waals surface area contributed by atoms with E-state index in [1.54, 1.807) is 12.3 Å². The van der Waals surface area contributed by atoms with Crippen molar-refractivity contribution in [1.82, 2.24) is 20.4 Å². The SMILES string of the molecule is CCNC(=O)c1ccc2cccnc2c1OCc1noc(C(C)C)n1. The molecule has 1 N–H and O–H groups in total. The molecule has 0 spiro atoms. The molecule has 3 aromatic rings. The second-order valence-corrected chi connectivity index (χ2v) is 5.87. The van der Waals surface area contributed by atoms with Crippen molar-refractivity contribution in [3.8, 4) is 5.75 Å². The molecular formula is C18H20N4O3. The second kappa shape index (κ2) is 7.29. The summed E-state index contributed by atoms with van der Waals surface area (Å²) in [6.07, 6.45) is 1.67. The van der Waals surface area contributed by atoms with Gasteiger partial charge in [-0.25, -0.2) is 0 Å². The van der Waals surface area contributed by atoms with Gasteiger partial charge in [-0.05, 0) is 19.1 Å². The van der Waals surface area contributed by atoms with E-state index in [-0.39, 0.29) is 18.4 Å². The predicted octanol–water partition coefficient (Wildman–Crippen LogP) is 3.07. The quantitative estimate of drug-likeness (QED) is 0.741. The van der Waals surface area contributed by atoms with Crippen LogP contribution in [0.5, 0.6) is 5.75 Å². The standard InChI is InChI=1S/C18H20N4O3/c1-4-19-17(23)13-8-7-12-6-5-9-20-15(12)16(13)24-10-14-21-18(11(2)3)25-22-14/h5-9,11H,4,10H2,1-3H3,(H,19,23). The minimum absolute atomic E-state index is 0.0955. The Bertz CT molecular complexity index is 889. The van der Waals surface area contributed by atoms with Gasteiger partial charge in [0.1, 0.15) is 5.52 Å². The molecule has 0 aliphatic carbocycles. The number of amides is 1. The first-order chi connectivity index (χ1) is 12.1. The lowest BCUT2D eigenvalue weighted by Gasteiger charge is -2.12. The van der Waals surface area contributed by atoms with Crippen LogP contribution in [0.2, 0.25) is 0 Å². The zero-order chi connectivity index (χ0) is 17.8. The maximum atomic E-state index is 12.3. The summed E-state index contributed by atoms with van der Waals surface area (Å²) in [5.74, 6) is 1.34. The van der Waals surface area contributed by atoms with Gasteiger partial charge in [-0.15, -0.1) is 0 Å². The first-order valence-corrected chi connectivity index (χ1v) is 8.21. The number of carbonyl (C=O) groups excluding carboxylic acids is 1. The topological polar surface area (TPSA) is 90.1 Å². The van der Waals surface area contributed by atoms with E-state index < -0.39 is 0 Å². The van der Waals surface area contributed by atoms with E-state index in [2.05, 4.69) is 20.4 Å². The number of carbonyl (C=O) groups is 1. The van der Waals surface area contributed by atoms with E-state index in [0.717, 1.165) is 5.39 Å². The molecule has 0 radical (unpaired) electrons. The molecule has 25 heavy (non-hydrogen) atoms. The lowest BCUT2D eigenvalue weighted by molar-refractivity contribution is 0.0951. The van der Waals surface area contributed by atoms with E-state index in [4.69, 9.17) is 9.26 Å². The summed E-state index contributed by atoms with van der Waals surface area (Å²) >= 11 is 0. The summed E-state index contributed by atoms with van der Waals surface area (Å²) in [5, 5.41) is 7.59. The molecule has 1 aromatic carbocycles. The first-order valence-electron chi connectivity index (χ1n) is 8.21. The van der Waals surface area contributed by atoms with Crippen molar-refractivity contribution in [3.63, 3.8) is 0 Å². The Morgan fingerprint density at radius 2 is 2.16 bits per heavy atom. The fourth-order valence-corrected chi connectivity index (χ4v) is 2.40. The van der Waals surface area contributed by atoms with Gasteiger partial charge in [0.15, 0.2) is 12.4 Å². The Morgan fingerprint density at radius 3 is 2.88 bits per heavy atom. The summed E-state index contributed by atoms with van der Waals surface area (Å²) < 4.78 is 11.1. The summed E-state index contributed by atoms with van der Waals surface area (Å²) in [5.41, 5.74) is 1.06. The van der Waals surface area contributed by atoms with Gasteiger partial charge < -0.3 is 14.6 Å². The fourth-order valence-electron chi connectivity index (χ4n) is 2.40. The number of ether oxygens (including phenoxy) is 1. The Balaban J connectivity index is 1.94. The van der Waals surface area contributed by atoms with Crippen LogP contribution in [-0.4, -0.2) is 27.6 Å². The lowest BCUT2D eigenvalue weighted by Crippen LogP contribution is -2.23. The van der Waals surface area contributed by atoms with E-state index in [0.29, 0.717) is 35.1 Å². The number of nitrogens with one attached hydrogen (secondary N) is 1. The zero-order valence-electron chi connectivity index (χ0n) is 14.4. The molecule has 0 fully saturated rings. The largest absolute Gasteiger partial charge is 0.482 e. The molecule has 3 rings (SSSR count). The molecule has 130 valence electrons. The summed E-state index contributed by atoms with van der Waals surface area (Å²) in [7, 11) is 0. The molecule has 0 aliphatic heterocycles. The maximum absolute atomic E-state index is 12.3. The molecule has 7 nitrogen and oxygen atoms in total. The Kier molecular flexibility index (Phi) is 4.92. The van der Waals surface area contributed by atoms with E-state index >= 15 is 0 Å². The van der Waals surface area contributed by atoms with Crippen molar-refractivity contribution >= 4 is 16.8 Å². The molecule has 0 atom stereocenters. The van der Waals surface area contributed by atoms with Gasteiger partial charge in [-0.3, -0.25) is 9.78 Å². The van der Waals surface area contributed by atoms with Crippen LogP contribution in [0.25, 0.3) is 10.9 Å². The van der Waals surface area contributed by atoms with Crippen molar-refractivity contribution in [1.29, 1.82) is 0 Å². The molecule has 1 amide bonds. The van der Waals surface area contributed by atoms with Crippen molar-refractivity contribution in [2.24, 2.45) is 0 Å². The highest BCUT2D eigenvalue weighted by Gasteiger charge is 2.18. The average Bonchev–Trinajstić information content (AvgIpc) is 3.09. The third kappa shape index (κ3) is 3.60. The predicted molar refractivity (Wildman–Crippen MR) is 92.5 cm³/mol. The summed E-state index contributed by atoms with van der Waals surface area (Å²) in [4.78, 5) is 21.0. The molecular weight excluding hydrogens is 320 g/mol.